The minimum atomic E-state index is -0.657. The molecule has 0 atom stereocenters. The van der Waals surface area contributed by atoms with Crippen LogP contribution in [-0.4, -0.2) is 36.5 Å². The van der Waals surface area contributed by atoms with E-state index in [1.54, 1.807) is 4.90 Å². The van der Waals surface area contributed by atoms with Gasteiger partial charge in [0.15, 0.2) is 0 Å². The number of benzene rings is 1. The summed E-state index contributed by atoms with van der Waals surface area (Å²) in [7, 11) is 1.81. The molecule has 1 aromatic carbocycles. The second-order valence-corrected chi connectivity index (χ2v) is 6.06. The van der Waals surface area contributed by atoms with Crippen molar-refractivity contribution in [3.8, 4) is 5.75 Å². The fourth-order valence-corrected chi connectivity index (χ4v) is 2.89. The maximum atomic E-state index is 12.5. The average molecular weight is 290 g/mol. The molecule has 2 rings (SSSR count). The Morgan fingerprint density at radius 1 is 1.29 bits per heavy atom. The topological polar surface area (TPSA) is 55.6 Å². The first kappa shape index (κ1) is 15.8. The molecule has 0 bridgehead atoms. The maximum absolute atomic E-state index is 12.5. The molecule has 0 aromatic heterocycles. The Balaban J connectivity index is 1.83. The lowest BCUT2D eigenvalue weighted by atomic mass is 9.81. The van der Waals surface area contributed by atoms with Crippen LogP contribution in [0.15, 0.2) is 24.3 Å². The Hall–Kier alpha value is -1.55. The summed E-state index contributed by atoms with van der Waals surface area (Å²) < 4.78 is 5.74. The fourth-order valence-electron chi connectivity index (χ4n) is 2.89. The third-order valence-electron chi connectivity index (χ3n) is 4.30. The highest BCUT2D eigenvalue weighted by Crippen LogP contribution is 2.27. The highest BCUT2D eigenvalue weighted by atomic mass is 16.5. The highest BCUT2D eigenvalue weighted by molar-refractivity contribution is 5.86. The van der Waals surface area contributed by atoms with Crippen molar-refractivity contribution in [3.05, 3.63) is 29.8 Å². The number of aryl methyl sites for hydroxylation is 1. The monoisotopic (exact) mass is 290 g/mol. The van der Waals surface area contributed by atoms with Gasteiger partial charge in [0.2, 0.25) is 5.91 Å². The second-order valence-electron chi connectivity index (χ2n) is 6.06. The summed E-state index contributed by atoms with van der Waals surface area (Å²) in [6, 6.07) is 7.90. The first-order chi connectivity index (χ1) is 10.0. The van der Waals surface area contributed by atoms with Gasteiger partial charge in [0.05, 0.1) is 12.1 Å². The molecule has 2 N–H and O–H groups in total. The molecule has 1 saturated carbocycles. The van der Waals surface area contributed by atoms with Crippen molar-refractivity contribution in [2.75, 3.05) is 20.2 Å². The van der Waals surface area contributed by atoms with Gasteiger partial charge in [-0.2, -0.15) is 0 Å². The first-order valence-electron chi connectivity index (χ1n) is 7.76. The van der Waals surface area contributed by atoms with Gasteiger partial charge < -0.3 is 15.4 Å². The summed E-state index contributed by atoms with van der Waals surface area (Å²) in [5.74, 6) is 0.925. The zero-order valence-electron chi connectivity index (χ0n) is 13.1. The standard InChI is InChI=1S/C17H26N2O2/c1-14-8-4-5-9-15(14)21-13-12-19(2)16(20)17(18)10-6-3-7-11-17/h4-5,8-9H,3,6-7,10-13,18H2,1-2H3. The number of hydrogen-bond donors (Lipinski definition) is 1. The van der Waals surface area contributed by atoms with E-state index in [0.717, 1.165) is 37.0 Å². The smallest absolute Gasteiger partial charge is 0.242 e. The van der Waals surface area contributed by atoms with Crippen molar-refractivity contribution in [1.29, 1.82) is 0 Å². The quantitative estimate of drug-likeness (QED) is 0.906. The van der Waals surface area contributed by atoms with Crippen molar-refractivity contribution in [1.82, 2.24) is 4.90 Å². The predicted molar refractivity (Wildman–Crippen MR) is 84.3 cm³/mol. The van der Waals surface area contributed by atoms with Crippen molar-refractivity contribution in [2.24, 2.45) is 5.73 Å². The number of para-hydroxylation sites is 1. The van der Waals surface area contributed by atoms with E-state index in [1.165, 1.54) is 6.42 Å². The third kappa shape index (κ3) is 3.97. The Morgan fingerprint density at radius 2 is 1.95 bits per heavy atom. The van der Waals surface area contributed by atoms with Gasteiger partial charge in [-0.15, -0.1) is 0 Å². The fraction of sp³-hybridized carbons (Fsp3) is 0.588. The van der Waals surface area contributed by atoms with Crippen LogP contribution in [0, 0.1) is 6.92 Å². The summed E-state index contributed by atoms with van der Waals surface area (Å²) in [5.41, 5.74) is 6.73. The van der Waals surface area contributed by atoms with E-state index in [-0.39, 0.29) is 5.91 Å². The molecule has 1 aliphatic rings. The number of rotatable bonds is 5. The van der Waals surface area contributed by atoms with E-state index in [9.17, 15) is 4.79 Å². The van der Waals surface area contributed by atoms with Crippen LogP contribution in [0.3, 0.4) is 0 Å². The second kappa shape index (κ2) is 6.94. The molecule has 116 valence electrons. The number of likely N-dealkylation sites (N-methyl/N-ethyl adjacent to an activating group) is 1. The van der Waals surface area contributed by atoms with Gasteiger partial charge in [-0.05, 0) is 31.4 Å². The van der Waals surface area contributed by atoms with Gasteiger partial charge >= 0.3 is 0 Å². The summed E-state index contributed by atoms with van der Waals surface area (Å²) in [5, 5.41) is 0. The number of nitrogens with two attached hydrogens (primary N) is 1. The van der Waals surface area contributed by atoms with Gasteiger partial charge in [-0.25, -0.2) is 0 Å². The molecule has 1 amide bonds. The lowest BCUT2D eigenvalue weighted by Crippen LogP contribution is -2.55. The number of ether oxygens (including phenoxy) is 1. The van der Waals surface area contributed by atoms with E-state index in [2.05, 4.69) is 0 Å². The normalized spacial score (nSPS) is 17.3. The lowest BCUT2D eigenvalue weighted by molar-refractivity contribution is -0.137. The van der Waals surface area contributed by atoms with Crippen LogP contribution in [0.5, 0.6) is 5.75 Å². The summed E-state index contributed by atoms with van der Waals surface area (Å²) in [6.45, 7) is 3.07. The van der Waals surface area contributed by atoms with E-state index in [4.69, 9.17) is 10.5 Å². The van der Waals surface area contributed by atoms with Crippen molar-refractivity contribution >= 4 is 5.91 Å². The Labute approximate surface area is 127 Å². The third-order valence-corrected chi connectivity index (χ3v) is 4.30. The molecule has 0 aliphatic heterocycles. The predicted octanol–water partition coefficient (Wildman–Crippen LogP) is 2.49. The van der Waals surface area contributed by atoms with Gasteiger partial charge in [-0.3, -0.25) is 4.79 Å². The number of carbonyl (C=O) groups excluding carboxylic acids is 1. The van der Waals surface area contributed by atoms with Gasteiger partial charge in [-0.1, -0.05) is 37.5 Å². The van der Waals surface area contributed by atoms with Gasteiger partial charge in [0.1, 0.15) is 12.4 Å². The number of amides is 1. The molecular formula is C17H26N2O2. The molecule has 1 fully saturated rings. The summed E-state index contributed by atoms with van der Waals surface area (Å²) in [6.07, 6.45) is 4.89. The molecule has 1 aliphatic carbocycles. The Kier molecular flexibility index (Phi) is 5.23. The Bertz CT molecular complexity index is 481. The maximum Gasteiger partial charge on any atom is 0.242 e. The largest absolute Gasteiger partial charge is 0.491 e. The van der Waals surface area contributed by atoms with Crippen LogP contribution >= 0.6 is 0 Å². The van der Waals surface area contributed by atoms with Crippen molar-refractivity contribution in [2.45, 2.75) is 44.6 Å². The minimum Gasteiger partial charge on any atom is -0.491 e. The van der Waals surface area contributed by atoms with Gasteiger partial charge in [0.25, 0.3) is 0 Å². The molecule has 0 heterocycles. The lowest BCUT2D eigenvalue weighted by Gasteiger charge is -2.35. The Morgan fingerprint density at radius 3 is 2.62 bits per heavy atom. The summed E-state index contributed by atoms with van der Waals surface area (Å²) in [4.78, 5) is 14.2. The molecule has 4 nitrogen and oxygen atoms in total. The number of carbonyl (C=O) groups is 1. The number of nitrogens with zero attached hydrogens (tertiary/aromatic N) is 1. The molecule has 4 heteroatoms. The molecule has 0 unspecified atom stereocenters. The van der Waals surface area contributed by atoms with Crippen LogP contribution in [0.1, 0.15) is 37.7 Å². The van der Waals surface area contributed by atoms with Crippen LogP contribution in [0.25, 0.3) is 0 Å². The average Bonchev–Trinajstić information content (AvgIpc) is 2.49. The van der Waals surface area contributed by atoms with Crippen LogP contribution in [-0.2, 0) is 4.79 Å². The number of hydrogen-bond acceptors (Lipinski definition) is 3. The highest BCUT2D eigenvalue weighted by Gasteiger charge is 2.37. The van der Waals surface area contributed by atoms with Crippen molar-refractivity contribution in [3.63, 3.8) is 0 Å². The minimum absolute atomic E-state index is 0.0515. The molecule has 21 heavy (non-hydrogen) atoms. The zero-order valence-corrected chi connectivity index (χ0v) is 13.1. The van der Waals surface area contributed by atoms with E-state index < -0.39 is 5.54 Å². The van der Waals surface area contributed by atoms with Crippen LogP contribution in [0.2, 0.25) is 0 Å². The van der Waals surface area contributed by atoms with Crippen molar-refractivity contribution < 1.29 is 9.53 Å². The molecular weight excluding hydrogens is 264 g/mol. The first-order valence-corrected chi connectivity index (χ1v) is 7.76. The molecule has 0 saturated heterocycles. The summed E-state index contributed by atoms with van der Waals surface area (Å²) >= 11 is 0. The molecule has 1 aromatic rings. The van der Waals surface area contributed by atoms with Crippen LogP contribution < -0.4 is 10.5 Å². The van der Waals surface area contributed by atoms with E-state index in [0.29, 0.717) is 13.2 Å². The zero-order chi connectivity index (χ0) is 15.3. The van der Waals surface area contributed by atoms with E-state index in [1.807, 2.05) is 38.2 Å². The molecule has 0 radical (unpaired) electrons. The van der Waals surface area contributed by atoms with Gasteiger partial charge in [0, 0.05) is 7.05 Å². The van der Waals surface area contributed by atoms with E-state index >= 15 is 0 Å². The van der Waals surface area contributed by atoms with Crippen LogP contribution in [0.4, 0.5) is 0 Å². The SMILES string of the molecule is Cc1ccccc1OCCN(C)C(=O)C1(N)CCCCC1. The molecule has 0 spiro atoms.